The molecule has 1 aromatic heterocycles. The van der Waals surface area contributed by atoms with Crippen molar-refractivity contribution in [3.05, 3.63) is 41.2 Å². The number of fused-ring (bicyclic) bond motifs is 1. The van der Waals surface area contributed by atoms with Gasteiger partial charge in [0.1, 0.15) is 17.5 Å². The average Bonchev–Trinajstić information content (AvgIpc) is 3.04. The van der Waals surface area contributed by atoms with Crippen LogP contribution in [0.15, 0.2) is 24.3 Å². The third-order valence-corrected chi connectivity index (χ3v) is 5.22. The number of nitrogens with zero attached hydrogens (tertiary/aromatic N) is 2. The molecule has 0 bridgehead atoms. The van der Waals surface area contributed by atoms with Gasteiger partial charge in [0.05, 0.1) is 6.10 Å². The number of aryl methyl sites for hydroxylation is 2. The number of hydrogen-bond acceptors (Lipinski definition) is 6. The van der Waals surface area contributed by atoms with Crippen molar-refractivity contribution in [1.29, 1.82) is 0 Å². The lowest BCUT2D eigenvalue weighted by molar-refractivity contribution is 0.182. The molecule has 6 nitrogen and oxygen atoms in total. The lowest BCUT2D eigenvalue weighted by atomic mass is 9.99. The lowest BCUT2D eigenvalue weighted by Gasteiger charge is -2.21. The second-order valence-electron chi connectivity index (χ2n) is 7.33. The fourth-order valence-corrected chi connectivity index (χ4v) is 3.94. The summed E-state index contributed by atoms with van der Waals surface area (Å²) in [5.74, 6) is 2.39. The molecular weight excluding hydrogens is 326 g/mol. The Bertz CT molecular complexity index is 779. The fraction of sp³-hybridized carbons (Fsp3) is 0.500. The van der Waals surface area contributed by atoms with Gasteiger partial charge in [0.2, 0.25) is 0 Å². The van der Waals surface area contributed by atoms with Gasteiger partial charge in [0, 0.05) is 30.9 Å². The van der Waals surface area contributed by atoms with E-state index in [0.29, 0.717) is 0 Å². The lowest BCUT2D eigenvalue weighted by Crippen LogP contribution is -2.18. The molecule has 0 unspecified atom stereocenters. The Morgan fingerprint density at radius 2 is 2.12 bits per heavy atom. The normalized spacial score (nSPS) is 21.8. The van der Waals surface area contributed by atoms with Gasteiger partial charge >= 0.3 is 0 Å². The van der Waals surface area contributed by atoms with Crippen LogP contribution in [0.5, 0.6) is 0 Å². The van der Waals surface area contributed by atoms with Crippen molar-refractivity contribution in [3.63, 3.8) is 0 Å². The zero-order valence-corrected chi connectivity index (χ0v) is 15.3. The summed E-state index contributed by atoms with van der Waals surface area (Å²) < 4.78 is 0. The maximum absolute atomic E-state index is 9.70. The molecule has 0 amide bonds. The third-order valence-electron chi connectivity index (χ3n) is 5.22. The first-order chi connectivity index (χ1) is 12.7. The van der Waals surface area contributed by atoms with E-state index in [1.807, 2.05) is 13.0 Å². The molecule has 2 heterocycles. The van der Waals surface area contributed by atoms with Crippen molar-refractivity contribution < 1.29 is 5.11 Å². The smallest absolute Gasteiger partial charge is 0.132 e. The topological polar surface area (TPSA) is 82.1 Å². The highest BCUT2D eigenvalue weighted by Gasteiger charge is 2.23. The summed E-state index contributed by atoms with van der Waals surface area (Å²) in [4.78, 5) is 9.01. The molecule has 26 heavy (non-hydrogen) atoms. The predicted molar refractivity (Wildman–Crippen MR) is 105 cm³/mol. The van der Waals surface area contributed by atoms with E-state index in [0.717, 1.165) is 56.2 Å². The van der Waals surface area contributed by atoms with E-state index in [1.165, 1.54) is 23.2 Å². The van der Waals surface area contributed by atoms with Gasteiger partial charge < -0.3 is 21.1 Å². The summed E-state index contributed by atoms with van der Waals surface area (Å²) in [5, 5.41) is 20.1. The van der Waals surface area contributed by atoms with Crippen LogP contribution in [0.4, 0.5) is 17.3 Å². The second-order valence-corrected chi connectivity index (χ2v) is 7.33. The summed E-state index contributed by atoms with van der Waals surface area (Å²) >= 11 is 0. The molecule has 4 N–H and O–H groups in total. The van der Waals surface area contributed by atoms with Crippen LogP contribution >= 0.6 is 0 Å². The maximum atomic E-state index is 9.70. The Morgan fingerprint density at radius 1 is 1.23 bits per heavy atom. The Labute approximate surface area is 154 Å². The van der Waals surface area contributed by atoms with Crippen molar-refractivity contribution in [1.82, 2.24) is 9.97 Å². The molecular formula is C20H27N5O. The Morgan fingerprint density at radius 3 is 2.96 bits per heavy atom. The van der Waals surface area contributed by atoms with E-state index >= 15 is 0 Å². The molecule has 138 valence electrons. The largest absolute Gasteiger partial charge is 0.393 e. The Kier molecular flexibility index (Phi) is 4.93. The first kappa shape index (κ1) is 17.1. The van der Waals surface area contributed by atoms with E-state index < -0.39 is 0 Å². The van der Waals surface area contributed by atoms with Gasteiger partial charge in [-0.25, -0.2) is 9.97 Å². The molecule has 2 aliphatic rings. The number of aliphatic hydroxyl groups excluding tert-OH is 1. The van der Waals surface area contributed by atoms with Gasteiger partial charge in [-0.2, -0.15) is 0 Å². The average molecular weight is 353 g/mol. The number of hydrogen-bond donors (Lipinski definition) is 4. The van der Waals surface area contributed by atoms with Crippen LogP contribution in [0, 0.1) is 6.92 Å². The molecule has 1 saturated carbocycles. The van der Waals surface area contributed by atoms with Crippen LogP contribution in [-0.2, 0) is 13.0 Å². The van der Waals surface area contributed by atoms with Gasteiger partial charge in [-0.15, -0.1) is 0 Å². The minimum absolute atomic E-state index is 0.190. The highest BCUT2D eigenvalue weighted by molar-refractivity contribution is 5.60. The Hall–Kier alpha value is -2.34. The number of nitrogens with one attached hydrogen (secondary N) is 3. The number of aliphatic hydroxyl groups is 1. The van der Waals surface area contributed by atoms with E-state index in [9.17, 15) is 5.11 Å². The SMILES string of the molecule is Cc1nc(NCc2cccc3c2NCCC3)cc(N[C@@H]2CC[C@@H](O)C2)n1. The van der Waals surface area contributed by atoms with Gasteiger partial charge in [0.25, 0.3) is 0 Å². The van der Waals surface area contributed by atoms with Crippen molar-refractivity contribution in [2.24, 2.45) is 0 Å². The van der Waals surface area contributed by atoms with Crippen molar-refractivity contribution in [3.8, 4) is 0 Å². The summed E-state index contributed by atoms with van der Waals surface area (Å²) in [6, 6.07) is 8.75. The standard InChI is InChI=1S/C20H27N5O/c1-13-23-18(11-19(24-13)25-16-7-8-17(26)10-16)22-12-15-5-2-4-14-6-3-9-21-20(14)15/h2,4-5,11,16-17,21,26H,3,6-10,12H2,1H3,(H2,22,23,24,25)/t16-,17-/m1/s1. The summed E-state index contributed by atoms with van der Waals surface area (Å²) in [6.45, 7) is 3.68. The van der Waals surface area contributed by atoms with Crippen LogP contribution in [0.3, 0.4) is 0 Å². The highest BCUT2D eigenvalue weighted by Crippen LogP contribution is 2.27. The molecule has 1 fully saturated rings. The molecule has 6 heteroatoms. The molecule has 1 aliphatic carbocycles. The zero-order chi connectivity index (χ0) is 17.9. The number of aromatic nitrogens is 2. The van der Waals surface area contributed by atoms with Gasteiger partial charge in [-0.05, 0) is 50.2 Å². The van der Waals surface area contributed by atoms with Crippen molar-refractivity contribution >= 4 is 17.3 Å². The minimum atomic E-state index is -0.190. The van der Waals surface area contributed by atoms with Crippen LogP contribution < -0.4 is 16.0 Å². The molecule has 0 saturated heterocycles. The zero-order valence-electron chi connectivity index (χ0n) is 15.3. The number of anilines is 3. The van der Waals surface area contributed by atoms with Crippen molar-refractivity contribution in [2.75, 3.05) is 22.5 Å². The predicted octanol–water partition coefficient (Wildman–Crippen LogP) is 3.08. The van der Waals surface area contributed by atoms with Crippen molar-refractivity contribution in [2.45, 2.75) is 57.7 Å². The summed E-state index contributed by atoms with van der Waals surface area (Å²) in [6.07, 6.45) is 4.77. The number of rotatable bonds is 5. The number of benzene rings is 1. The minimum Gasteiger partial charge on any atom is -0.393 e. The molecule has 1 aliphatic heterocycles. The van der Waals surface area contributed by atoms with E-state index in [2.05, 4.69) is 44.1 Å². The molecule has 4 rings (SSSR count). The molecule has 0 spiro atoms. The third kappa shape index (κ3) is 3.90. The molecule has 2 aromatic rings. The molecule has 2 atom stereocenters. The summed E-state index contributed by atoms with van der Waals surface area (Å²) in [5.41, 5.74) is 3.94. The second kappa shape index (κ2) is 7.50. The van der Waals surface area contributed by atoms with Crippen LogP contribution in [0.2, 0.25) is 0 Å². The Balaban J connectivity index is 1.45. The molecule has 0 radical (unpaired) electrons. The van der Waals surface area contributed by atoms with Crippen LogP contribution in [0.1, 0.15) is 42.6 Å². The molecule has 1 aromatic carbocycles. The van der Waals surface area contributed by atoms with Gasteiger partial charge in [-0.1, -0.05) is 18.2 Å². The van der Waals surface area contributed by atoms with Crippen LogP contribution in [-0.4, -0.2) is 33.8 Å². The van der Waals surface area contributed by atoms with Crippen LogP contribution in [0.25, 0.3) is 0 Å². The first-order valence-electron chi connectivity index (χ1n) is 9.56. The summed E-state index contributed by atoms with van der Waals surface area (Å²) in [7, 11) is 0. The van der Waals surface area contributed by atoms with Gasteiger partial charge in [0.15, 0.2) is 0 Å². The van der Waals surface area contributed by atoms with E-state index in [-0.39, 0.29) is 12.1 Å². The highest BCUT2D eigenvalue weighted by atomic mass is 16.3. The van der Waals surface area contributed by atoms with E-state index in [1.54, 1.807) is 0 Å². The quantitative estimate of drug-likeness (QED) is 0.661. The fourth-order valence-electron chi connectivity index (χ4n) is 3.94. The first-order valence-corrected chi connectivity index (χ1v) is 9.56. The number of para-hydroxylation sites is 1. The maximum Gasteiger partial charge on any atom is 0.132 e. The van der Waals surface area contributed by atoms with E-state index in [4.69, 9.17) is 0 Å². The monoisotopic (exact) mass is 353 g/mol. The van der Waals surface area contributed by atoms with Gasteiger partial charge in [-0.3, -0.25) is 0 Å².